The van der Waals surface area contributed by atoms with Crippen LogP contribution in [0.5, 0.6) is 0 Å². The molecule has 0 radical (unpaired) electrons. The van der Waals surface area contributed by atoms with Crippen molar-refractivity contribution >= 4 is 10.0 Å². The molecule has 0 fully saturated rings. The number of nitrogens with two attached hydrogens (primary N) is 1. The highest BCUT2D eigenvalue weighted by atomic mass is 32.2. The van der Waals surface area contributed by atoms with Gasteiger partial charge in [0.05, 0.1) is 5.25 Å². The van der Waals surface area contributed by atoms with Gasteiger partial charge in [-0.1, -0.05) is 13.0 Å². The van der Waals surface area contributed by atoms with Gasteiger partial charge in [-0.15, -0.1) is 6.58 Å². The van der Waals surface area contributed by atoms with Crippen molar-refractivity contribution in [1.82, 2.24) is 0 Å². The molecule has 84 valence electrons. The predicted octanol–water partition coefficient (Wildman–Crippen LogP) is 0.892. The second-order valence-corrected chi connectivity index (χ2v) is 5.19. The number of hydrogen-bond donors (Lipinski definition) is 1. The fourth-order valence-corrected chi connectivity index (χ4v) is 2.60. The maximum atomic E-state index is 11.2. The first-order valence-corrected chi connectivity index (χ1v) is 6.15. The third-order valence-electron chi connectivity index (χ3n) is 2.20. The lowest BCUT2D eigenvalue weighted by Crippen LogP contribution is -2.34. The summed E-state index contributed by atoms with van der Waals surface area (Å²) in [5, 5.41) is 4.59. The molecule has 0 aliphatic heterocycles. The molecule has 0 aromatic rings. The molecule has 5 heteroatoms. The summed E-state index contributed by atoms with van der Waals surface area (Å²) < 4.78 is 27.3. The standard InChI is InChI=1S/C9H19NO3S/c1-4-5-8(2)9(6-7-13-3)14(10,11)12/h4,8-9H,1,5-7H2,2-3H3,(H2,10,11,12)/t8-,9+/m1/s1. The van der Waals surface area contributed by atoms with Gasteiger partial charge in [0.1, 0.15) is 0 Å². The molecule has 0 amide bonds. The van der Waals surface area contributed by atoms with Crippen molar-refractivity contribution < 1.29 is 13.2 Å². The van der Waals surface area contributed by atoms with Gasteiger partial charge in [-0.05, 0) is 18.8 Å². The highest BCUT2D eigenvalue weighted by Gasteiger charge is 2.26. The Bertz CT molecular complexity index is 261. The smallest absolute Gasteiger partial charge is 0.212 e. The molecule has 0 aromatic carbocycles. The first kappa shape index (κ1) is 13.6. The van der Waals surface area contributed by atoms with E-state index in [1.54, 1.807) is 13.2 Å². The van der Waals surface area contributed by atoms with E-state index >= 15 is 0 Å². The molecular weight excluding hydrogens is 202 g/mol. The van der Waals surface area contributed by atoms with Gasteiger partial charge in [-0.3, -0.25) is 0 Å². The molecule has 0 saturated heterocycles. The van der Waals surface area contributed by atoms with E-state index in [2.05, 4.69) is 6.58 Å². The summed E-state index contributed by atoms with van der Waals surface area (Å²) in [6, 6.07) is 0. The number of sulfonamides is 1. The molecule has 0 spiro atoms. The minimum Gasteiger partial charge on any atom is -0.385 e. The predicted molar refractivity (Wildman–Crippen MR) is 57.4 cm³/mol. The zero-order valence-corrected chi connectivity index (χ0v) is 9.59. The van der Waals surface area contributed by atoms with Crippen LogP contribution in [0.4, 0.5) is 0 Å². The van der Waals surface area contributed by atoms with Gasteiger partial charge in [0, 0.05) is 13.7 Å². The number of primary sulfonamides is 1. The Morgan fingerprint density at radius 3 is 2.50 bits per heavy atom. The maximum Gasteiger partial charge on any atom is 0.212 e. The van der Waals surface area contributed by atoms with E-state index in [0.29, 0.717) is 19.4 Å². The van der Waals surface area contributed by atoms with Crippen molar-refractivity contribution in [3.63, 3.8) is 0 Å². The van der Waals surface area contributed by atoms with Crippen LogP contribution in [0.2, 0.25) is 0 Å². The highest BCUT2D eigenvalue weighted by Crippen LogP contribution is 2.18. The lowest BCUT2D eigenvalue weighted by atomic mass is 10.0. The third-order valence-corrected chi connectivity index (χ3v) is 3.75. The normalized spacial score (nSPS) is 16.2. The van der Waals surface area contributed by atoms with E-state index in [4.69, 9.17) is 9.88 Å². The summed E-state index contributed by atoms with van der Waals surface area (Å²) in [6.45, 7) is 5.84. The quantitative estimate of drug-likeness (QED) is 0.649. The van der Waals surface area contributed by atoms with Gasteiger partial charge in [0.25, 0.3) is 0 Å². The van der Waals surface area contributed by atoms with Crippen LogP contribution in [0, 0.1) is 5.92 Å². The zero-order valence-electron chi connectivity index (χ0n) is 8.77. The fourth-order valence-electron chi connectivity index (χ4n) is 1.42. The molecule has 0 aliphatic rings. The Morgan fingerprint density at radius 1 is 1.57 bits per heavy atom. The monoisotopic (exact) mass is 221 g/mol. The maximum absolute atomic E-state index is 11.2. The summed E-state index contributed by atoms with van der Waals surface area (Å²) >= 11 is 0. The minimum atomic E-state index is -3.49. The lowest BCUT2D eigenvalue weighted by Gasteiger charge is -2.20. The average molecular weight is 221 g/mol. The first-order chi connectivity index (χ1) is 6.43. The number of methoxy groups -OCH3 is 1. The first-order valence-electron chi connectivity index (χ1n) is 4.55. The summed E-state index contributed by atoms with van der Waals surface area (Å²) in [5.74, 6) is -0.0161. The van der Waals surface area contributed by atoms with E-state index in [1.807, 2.05) is 6.92 Å². The number of allylic oxidation sites excluding steroid dienone is 1. The largest absolute Gasteiger partial charge is 0.385 e. The Kier molecular flexibility index (Phi) is 5.99. The Morgan fingerprint density at radius 2 is 2.14 bits per heavy atom. The molecule has 0 saturated carbocycles. The zero-order chi connectivity index (χ0) is 11.2. The van der Waals surface area contributed by atoms with E-state index in [9.17, 15) is 8.42 Å². The number of rotatable bonds is 7. The molecule has 0 aliphatic carbocycles. The minimum absolute atomic E-state index is 0.0161. The molecule has 4 nitrogen and oxygen atoms in total. The van der Waals surface area contributed by atoms with Gasteiger partial charge in [-0.25, -0.2) is 13.6 Å². The van der Waals surface area contributed by atoms with Gasteiger partial charge in [0.2, 0.25) is 10.0 Å². The second-order valence-electron chi connectivity index (χ2n) is 3.41. The number of hydrogen-bond acceptors (Lipinski definition) is 3. The molecule has 0 bridgehead atoms. The molecule has 0 rings (SSSR count). The highest BCUT2D eigenvalue weighted by molar-refractivity contribution is 7.89. The molecule has 2 N–H and O–H groups in total. The Balaban J connectivity index is 4.46. The molecule has 2 atom stereocenters. The topological polar surface area (TPSA) is 69.4 Å². The van der Waals surface area contributed by atoms with Crippen molar-refractivity contribution in [3.05, 3.63) is 12.7 Å². The van der Waals surface area contributed by atoms with Crippen molar-refractivity contribution in [1.29, 1.82) is 0 Å². The van der Waals surface area contributed by atoms with Crippen LogP contribution < -0.4 is 5.14 Å². The van der Waals surface area contributed by atoms with Crippen molar-refractivity contribution in [2.45, 2.75) is 25.0 Å². The molecule has 0 heterocycles. The van der Waals surface area contributed by atoms with Gasteiger partial charge >= 0.3 is 0 Å². The van der Waals surface area contributed by atoms with Gasteiger partial charge < -0.3 is 4.74 Å². The van der Waals surface area contributed by atoms with Gasteiger partial charge in [0.15, 0.2) is 0 Å². The summed E-state index contributed by atoms with van der Waals surface area (Å²) in [7, 11) is -1.95. The van der Waals surface area contributed by atoms with Crippen LogP contribution >= 0.6 is 0 Å². The van der Waals surface area contributed by atoms with E-state index < -0.39 is 15.3 Å². The van der Waals surface area contributed by atoms with E-state index in [0.717, 1.165) is 0 Å². The lowest BCUT2D eigenvalue weighted by molar-refractivity contribution is 0.188. The third kappa shape index (κ3) is 4.74. The molecule has 0 unspecified atom stereocenters. The second kappa shape index (κ2) is 6.16. The van der Waals surface area contributed by atoms with Crippen molar-refractivity contribution in [3.8, 4) is 0 Å². The van der Waals surface area contributed by atoms with Crippen LogP contribution in [-0.2, 0) is 14.8 Å². The van der Waals surface area contributed by atoms with Crippen LogP contribution in [0.3, 0.4) is 0 Å². The summed E-state index contributed by atoms with van der Waals surface area (Å²) in [6.07, 6.45) is 2.78. The van der Waals surface area contributed by atoms with Crippen LogP contribution in [0.25, 0.3) is 0 Å². The van der Waals surface area contributed by atoms with E-state index in [1.165, 1.54) is 0 Å². The Hall–Kier alpha value is -0.390. The summed E-state index contributed by atoms with van der Waals surface area (Å²) in [4.78, 5) is 0. The molecule has 14 heavy (non-hydrogen) atoms. The van der Waals surface area contributed by atoms with E-state index in [-0.39, 0.29) is 5.92 Å². The van der Waals surface area contributed by atoms with Crippen LogP contribution in [0.1, 0.15) is 19.8 Å². The number of ether oxygens (including phenoxy) is 1. The SMILES string of the molecule is C=CC[C@@H](C)[C@H](CCOC)S(N)(=O)=O. The molecular formula is C9H19NO3S. The Labute approximate surface area is 86.2 Å². The average Bonchev–Trinajstić information content (AvgIpc) is 2.03. The van der Waals surface area contributed by atoms with Crippen molar-refractivity contribution in [2.24, 2.45) is 11.1 Å². The van der Waals surface area contributed by atoms with Crippen LogP contribution in [0.15, 0.2) is 12.7 Å². The van der Waals surface area contributed by atoms with Crippen LogP contribution in [-0.4, -0.2) is 27.4 Å². The van der Waals surface area contributed by atoms with Crippen molar-refractivity contribution in [2.75, 3.05) is 13.7 Å². The molecule has 0 aromatic heterocycles. The fraction of sp³-hybridized carbons (Fsp3) is 0.778. The summed E-state index contributed by atoms with van der Waals surface area (Å²) in [5.41, 5.74) is 0. The van der Waals surface area contributed by atoms with Gasteiger partial charge in [-0.2, -0.15) is 0 Å².